The van der Waals surface area contributed by atoms with Gasteiger partial charge in [-0.05, 0) is 96.7 Å². The van der Waals surface area contributed by atoms with Gasteiger partial charge in [-0.15, -0.1) is 11.3 Å². The van der Waals surface area contributed by atoms with Crippen LogP contribution in [-0.4, -0.2) is 9.97 Å². The molecule has 1 spiro atoms. The molecule has 0 bridgehead atoms. The van der Waals surface area contributed by atoms with Crippen molar-refractivity contribution < 1.29 is 0 Å². The number of benzene rings is 9. The van der Waals surface area contributed by atoms with E-state index in [4.69, 9.17) is 9.97 Å². The molecule has 3 heteroatoms. The third-order valence-corrected chi connectivity index (χ3v) is 13.7. The summed E-state index contributed by atoms with van der Waals surface area (Å²) in [5.74, 6) is 0. The molecule has 0 atom stereocenters. The summed E-state index contributed by atoms with van der Waals surface area (Å²) in [6.07, 6.45) is 1.97. The van der Waals surface area contributed by atoms with Gasteiger partial charge in [-0.1, -0.05) is 146 Å². The van der Waals surface area contributed by atoms with E-state index in [1.165, 1.54) is 86.6 Å². The van der Waals surface area contributed by atoms with Crippen molar-refractivity contribution in [2.75, 3.05) is 0 Å². The summed E-state index contributed by atoms with van der Waals surface area (Å²) in [6.45, 7) is 0. The van der Waals surface area contributed by atoms with Gasteiger partial charge in [-0.3, -0.25) is 4.98 Å². The van der Waals surface area contributed by atoms with E-state index in [2.05, 4.69) is 176 Å². The number of fused-ring (bicyclic) bond motifs is 19. The smallest absolute Gasteiger partial charge is 0.0979 e. The molecule has 2 aromatic heterocycles. The molecule has 13 rings (SSSR count). The molecule has 0 amide bonds. The van der Waals surface area contributed by atoms with Crippen LogP contribution in [0.5, 0.6) is 0 Å². The second kappa shape index (κ2) is 11.1. The Morgan fingerprint density at radius 1 is 0.357 bits per heavy atom. The lowest BCUT2D eigenvalue weighted by atomic mass is 9.70. The third kappa shape index (κ3) is 3.90. The maximum absolute atomic E-state index is 5.44. The van der Waals surface area contributed by atoms with Gasteiger partial charge in [0.1, 0.15) is 0 Å². The standard InChI is InChI=1S/C53H30N2S/c1-3-16-41-34(11-1)35-12-2-4-17-42(35)52-51(41)54-30-48(55-52)33-22-25-39-38-24-21-32(31-23-26-50-43(27-31)40-15-7-10-20-49(40)56-50)28-46(38)53(47(39)29-33)44-18-8-5-13-36(44)37-14-6-9-19-45(37)53/h1-30H. The Balaban J connectivity index is 1.06. The first-order chi connectivity index (χ1) is 27.8. The molecule has 0 unspecified atom stereocenters. The number of thiophene rings is 1. The summed E-state index contributed by atoms with van der Waals surface area (Å²) >= 11 is 1.87. The van der Waals surface area contributed by atoms with Gasteiger partial charge in [-0.2, -0.15) is 0 Å². The topological polar surface area (TPSA) is 25.8 Å². The van der Waals surface area contributed by atoms with Crippen molar-refractivity contribution in [2.24, 2.45) is 0 Å². The SMILES string of the molecule is c1ccc2c(c1)-c1ccccc1C21c2cc(-c3ccc4sc5ccccc5c4c3)ccc2-c2ccc(-c3cnc4c5ccccc5c5ccccc5c4n3)cc21. The lowest BCUT2D eigenvalue weighted by Gasteiger charge is -2.31. The maximum atomic E-state index is 5.44. The summed E-state index contributed by atoms with van der Waals surface area (Å²) in [5.41, 5.74) is 16.2. The van der Waals surface area contributed by atoms with Crippen molar-refractivity contribution in [2.45, 2.75) is 5.41 Å². The van der Waals surface area contributed by atoms with E-state index < -0.39 is 5.41 Å². The van der Waals surface area contributed by atoms with Gasteiger partial charge < -0.3 is 0 Å². The van der Waals surface area contributed by atoms with E-state index in [1.54, 1.807) is 0 Å². The van der Waals surface area contributed by atoms with Crippen molar-refractivity contribution in [3.05, 3.63) is 204 Å². The van der Waals surface area contributed by atoms with Crippen molar-refractivity contribution in [3.8, 4) is 44.6 Å². The molecular weight excluding hydrogens is 697 g/mol. The third-order valence-electron chi connectivity index (χ3n) is 12.5. The molecule has 2 aliphatic rings. The highest BCUT2D eigenvalue weighted by Gasteiger charge is 2.51. The Kier molecular flexibility index (Phi) is 6.01. The van der Waals surface area contributed by atoms with E-state index >= 15 is 0 Å². The highest BCUT2D eigenvalue weighted by molar-refractivity contribution is 7.25. The molecule has 0 aliphatic heterocycles. The Morgan fingerprint density at radius 2 is 0.857 bits per heavy atom. The maximum Gasteiger partial charge on any atom is 0.0979 e. The average molecular weight is 727 g/mol. The molecule has 0 saturated carbocycles. The molecule has 2 aliphatic carbocycles. The summed E-state index contributed by atoms with van der Waals surface area (Å²) < 4.78 is 2.65. The second-order valence-corrected chi connectivity index (χ2v) is 16.3. The summed E-state index contributed by atoms with van der Waals surface area (Å²) in [7, 11) is 0. The van der Waals surface area contributed by atoms with Crippen LogP contribution in [0.2, 0.25) is 0 Å². The summed E-state index contributed by atoms with van der Waals surface area (Å²) in [6, 6.07) is 65.1. The Morgan fingerprint density at radius 3 is 1.57 bits per heavy atom. The van der Waals surface area contributed by atoms with E-state index in [9.17, 15) is 0 Å². The molecule has 0 saturated heterocycles. The van der Waals surface area contributed by atoms with Crippen molar-refractivity contribution in [3.63, 3.8) is 0 Å². The van der Waals surface area contributed by atoms with E-state index in [0.29, 0.717) is 0 Å². The minimum atomic E-state index is -0.490. The number of hydrogen-bond acceptors (Lipinski definition) is 3. The molecule has 0 N–H and O–H groups in total. The quantitative estimate of drug-likeness (QED) is 0.166. The summed E-state index contributed by atoms with van der Waals surface area (Å²) in [5, 5.41) is 7.30. The van der Waals surface area contributed by atoms with Crippen molar-refractivity contribution in [1.29, 1.82) is 0 Å². The first-order valence-electron chi connectivity index (χ1n) is 19.2. The lowest BCUT2D eigenvalue weighted by Crippen LogP contribution is -2.26. The Bertz CT molecular complexity index is 3420. The fourth-order valence-corrected chi connectivity index (χ4v) is 11.2. The number of nitrogens with zero attached hydrogens (tertiary/aromatic N) is 2. The zero-order chi connectivity index (χ0) is 36.5. The van der Waals surface area contributed by atoms with Crippen LogP contribution >= 0.6 is 11.3 Å². The zero-order valence-electron chi connectivity index (χ0n) is 30.1. The molecule has 2 nitrogen and oxygen atoms in total. The van der Waals surface area contributed by atoms with Crippen LogP contribution < -0.4 is 0 Å². The van der Waals surface area contributed by atoms with Gasteiger partial charge >= 0.3 is 0 Å². The predicted molar refractivity (Wildman–Crippen MR) is 235 cm³/mol. The summed E-state index contributed by atoms with van der Waals surface area (Å²) in [4.78, 5) is 10.6. The molecule has 9 aromatic carbocycles. The monoisotopic (exact) mass is 726 g/mol. The molecule has 11 aromatic rings. The molecular formula is C53H30N2S. The van der Waals surface area contributed by atoms with Gasteiger partial charge in [0.15, 0.2) is 0 Å². The minimum Gasteiger partial charge on any atom is -0.252 e. The second-order valence-electron chi connectivity index (χ2n) is 15.2. The fourth-order valence-electron chi connectivity index (χ4n) is 10.1. The van der Waals surface area contributed by atoms with Gasteiger partial charge in [0.25, 0.3) is 0 Å². The predicted octanol–water partition coefficient (Wildman–Crippen LogP) is 14.0. The van der Waals surface area contributed by atoms with Crippen LogP contribution in [0.3, 0.4) is 0 Å². The van der Waals surface area contributed by atoms with E-state index in [1.807, 2.05) is 17.5 Å². The van der Waals surface area contributed by atoms with Crippen LogP contribution in [0, 0.1) is 0 Å². The van der Waals surface area contributed by atoms with Crippen LogP contribution in [0.25, 0.3) is 97.4 Å². The van der Waals surface area contributed by atoms with Crippen molar-refractivity contribution >= 4 is 64.1 Å². The van der Waals surface area contributed by atoms with Gasteiger partial charge in [0, 0.05) is 36.5 Å². The lowest BCUT2D eigenvalue weighted by molar-refractivity contribution is 0.794. The largest absolute Gasteiger partial charge is 0.252 e. The number of rotatable bonds is 2. The zero-order valence-corrected chi connectivity index (χ0v) is 30.9. The van der Waals surface area contributed by atoms with Crippen LogP contribution in [0.15, 0.2) is 182 Å². The van der Waals surface area contributed by atoms with Crippen LogP contribution in [0.4, 0.5) is 0 Å². The minimum absolute atomic E-state index is 0.490. The highest BCUT2D eigenvalue weighted by Crippen LogP contribution is 2.63. The average Bonchev–Trinajstić information content (AvgIpc) is 3.89. The normalized spacial score (nSPS) is 13.5. The molecule has 56 heavy (non-hydrogen) atoms. The van der Waals surface area contributed by atoms with Gasteiger partial charge in [-0.25, -0.2) is 4.98 Å². The molecule has 258 valence electrons. The van der Waals surface area contributed by atoms with Crippen molar-refractivity contribution in [1.82, 2.24) is 9.97 Å². The first-order valence-corrected chi connectivity index (χ1v) is 20.0. The Hall–Kier alpha value is -6.94. The van der Waals surface area contributed by atoms with E-state index in [-0.39, 0.29) is 0 Å². The van der Waals surface area contributed by atoms with Crippen LogP contribution in [-0.2, 0) is 5.41 Å². The highest BCUT2D eigenvalue weighted by atomic mass is 32.1. The molecule has 0 radical (unpaired) electrons. The molecule has 0 fully saturated rings. The van der Waals surface area contributed by atoms with E-state index in [0.717, 1.165) is 33.1 Å². The first kappa shape index (κ1) is 30.4. The molecule has 2 heterocycles. The number of aromatic nitrogens is 2. The van der Waals surface area contributed by atoms with Gasteiger partial charge in [0.05, 0.1) is 28.3 Å². The number of hydrogen-bond donors (Lipinski definition) is 0. The fraction of sp³-hybridized carbons (Fsp3) is 0.0189. The van der Waals surface area contributed by atoms with Crippen LogP contribution in [0.1, 0.15) is 22.3 Å². The van der Waals surface area contributed by atoms with Gasteiger partial charge in [0.2, 0.25) is 0 Å². The Labute approximate surface area is 327 Å².